The second-order valence-corrected chi connectivity index (χ2v) is 6.09. The standard InChI is InChI=1S/C20H19N2/c1-13-7-4-5-9-15(13)19-12-21-20-16-10-6-8-14(2)17(16)11-18(20)22(19)3/h4-10,12H,11H2,1-3H3/q+1. The van der Waals surface area contributed by atoms with Crippen LogP contribution in [-0.2, 0) is 13.5 Å². The van der Waals surface area contributed by atoms with E-state index in [4.69, 9.17) is 4.98 Å². The topological polar surface area (TPSA) is 16.8 Å². The molecule has 22 heavy (non-hydrogen) atoms. The summed E-state index contributed by atoms with van der Waals surface area (Å²) < 4.78 is 2.31. The minimum atomic E-state index is 0.973. The summed E-state index contributed by atoms with van der Waals surface area (Å²) in [6.45, 7) is 4.34. The molecule has 0 aliphatic heterocycles. The predicted molar refractivity (Wildman–Crippen MR) is 88.6 cm³/mol. The molecule has 0 radical (unpaired) electrons. The first kappa shape index (κ1) is 13.2. The van der Waals surface area contributed by atoms with Crippen LogP contribution in [-0.4, -0.2) is 4.98 Å². The molecule has 0 bridgehead atoms. The lowest BCUT2D eigenvalue weighted by Crippen LogP contribution is -2.36. The Hall–Kier alpha value is -2.48. The maximum atomic E-state index is 4.80. The van der Waals surface area contributed by atoms with Crippen molar-refractivity contribution in [2.24, 2.45) is 7.05 Å². The Morgan fingerprint density at radius 3 is 2.45 bits per heavy atom. The molecular formula is C20H19N2+. The van der Waals surface area contributed by atoms with Gasteiger partial charge in [-0.3, -0.25) is 0 Å². The highest BCUT2D eigenvalue weighted by molar-refractivity contribution is 5.73. The molecule has 0 spiro atoms. The van der Waals surface area contributed by atoms with Crippen LogP contribution in [0.5, 0.6) is 0 Å². The van der Waals surface area contributed by atoms with Crippen molar-refractivity contribution in [2.75, 3.05) is 0 Å². The van der Waals surface area contributed by atoms with Crippen LogP contribution in [0.25, 0.3) is 22.5 Å². The third-order valence-corrected chi connectivity index (χ3v) is 4.79. The molecule has 0 amide bonds. The predicted octanol–water partition coefficient (Wildman–Crippen LogP) is 3.76. The average molecular weight is 287 g/mol. The summed E-state index contributed by atoms with van der Waals surface area (Å²) in [4.78, 5) is 4.80. The zero-order valence-electron chi connectivity index (χ0n) is 13.2. The minimum absolute atomic E-state index is 0.973. The summed E-state index contributed by atoms with van der Waals surface area (Å²) in [5, 5.41) is 0. The first-order chi connectivity index (χ1) is 10.7. The highest BCUT2D eigenvalue weighted by atomic mass is 15.0. The van der Waals surface area contributed by atoms with Gasteiger partial charge in [-0.1, -0.05) is 36.4 Å². The Morgan fingerprint density at radius 2 is 1.64 bits per heavy atom. The highest BCUT2D eigenvalue weighted by Crippen LogP contribution is 2.35. The number of aryl methyl sites for hydroxylation is 2. The van der Waals surface area contributed by atoms with E-state index in [1.54, 1.807) is 0 Å². The Balaban J connectivity index is 1.93. The van der Waals surface area contributed by atoms with E-state index < -0.39 is 0 Å². The Morgan fingerprint density at radius 1 is 0.909 bits per heavy atom. The van der Waals surface area contributed by atoms with Crippen LogP contribution < -0.4 is 4.57 Å². The molecule has 0 saturated carbocycles. The molecule has 0 fully saturated rings. The summed E-state index contributed by atoms with van der Waals surface area (Å²) in [6.07, 6.45) is 2.99. The quantitative estimate of drug-likeness (QED) is 0.487. The maximum Gasteiger partial charge on any atom is 0.231 e. The number of hydrogen-bond donors (Lipinski definition) is 0. The van der Waals surface area contributed by atoms with Crippen molar-refractivity contribution in [2.45, 2.75) is 20.3 Å². The van der Waals surface area contributed by atoms with Crippen LogP contribution in [0.2, 0.25) is 0 Å². The van der Waals surface area contributed by atoms with E-state index in [0.29, 0.717) is 0 Å². The zero-order chi connectivity index (χ0) is 15.3. The van der Waals surface area contributed by atoms with Crippen molar-refractivity contribution in [1.29, 1.82) is 0 Å². The molecular weight excluding hydrogens is 268 g/mol. The molecule has 0 unspecified atom stereocenters. The summed E-state index contributed by atoms with van der Waals surface area (Å²) in [5.74, 6) is 0. The average Bonchev–Trinajstić information content (AvgIpc) is 2.90. The van der Waals surface area contributed by atoms with E-state index in [-0.39, 0.29) is 0 Å². The van der Waals surface area contributed by atoms with Gasteiger partial charge in [0, 0.05) is 5.56 Å². The normalized spacial score (nSPS) is 12.1. The van der Waals surface area contributed by atoms with E-state index in [1.165, 1.54) is 39.2 Å². The van der Waals surface area contributed by atoms with Gasteiger partial charge in [-0.15, -0.1) is 0 Å². The first-order valence-corrected chi connectivity index (χ1v) is 7.69. The Kier molecular flexibility index (Phi) is 2.86. The molecule has 4 rings (SSSR count). The van der Waals surface area contributed by atoms with Gasteiger partial charge in [0.25, 0.3) is 0 Å². The van der Waals surface area contributed by atoms with Crippen LogP contribution in [0.4, 0.5) is 0 Å². The third kappa shape index (κ3) is 1.80. The molecule has 1 aromatic heterocycles. The molecule has 3 aromatic rings. The maximum absolute atomic E-state index is 4.80. The van der Waals surface area contributed by atoms with Crippen molar-refractivity contribution in [3.63, 3.8) is 0 Å². The van der Waals surface area contributed by atoms with Crippen LogP contribution in [0.1, 0.15) is 22.4 Å². The number of fused-ring (bicyclic) bond motifs is 3. The van der Waals surface area contributed by atoms with Crippen molar-refractivity contribution in [3.05, 3.63) is 71.0 Å². The minimum Gasteiger partial charge on any atom is -0.243 e. The van der Waals surface area contributed by atoms with E-state index in [1.807, 2.05) is 6.20 Å². The molecule has 2 aromatic carbocycles. The molecule has 0 atom stereocenters. The lowest BCUT2D eigenvalue weighted by atomic mass is 10.0. The molecule has 1 aliphatic carbocycles. The molecule has 1 aliphatic rings. The number of hydrogen-bond acceptors (Lipinski definition) is 1. The largest absolute Gasteiger partial charge is 0.243 e. The van der Waals surface area contributed by atoms with Gasteiger partial charge in [0.15, 0.2) is 0 Å². The van der Waals surface area contributed by atoms with E-state index in [0.717, 1.165) is 12.1 Å². The molecule has 108 valence electrons. The van der Waals surface area contributed by atoms with Crippen molar-refractivity contribution in [3.8, 4) is 22.5 Å². The molecule has 0 saturated heterocycles. The number of benzene rings is 2. The van der Waals surface area contributed by atoms with Gasteiger partial charge in [-0.25, -0.2) is 4.98 Å². The second-order valence-electron chi connectivity index (χ2n) is 6.09. The van der Waals surface area contributed by atoms with Crippen molar-refractivity contribution in [1.82, 2.24) is 4.98 Å². The number of aromatic nitrogens is 2. The third-order valence-electron chi connectivity index (χ3n) is 4.79. The summed E-state index contributed by atoms with van der Waals surface area (Å²) >= 11 is 0. The Labute approximate surface area is 131 Å². The Bertz CT molecular complexity index is 894. The van der Waals surface area contributed by atoms with Crippen LogP contribution in [0.15, 0.2) is 48.7 Å². The lowest BCUT2D eigenvalue weighted by molar-refractivity contribution is -0.667. The lowest BCUT2D eigenvalue weighted by Gasteiger charge is -2.06. The van der Waals surface area contributed by atoms with Crippen molar-refractivity contribution < 1.29 is 4.57 Å². The van der Waals surface area contributed by atoms with Gasteiger partial charge in [-0.05, 0) is 36.6 Å². The van der Waals surface area contributed by atoms with Crippen LogP contribution >= 0.6 is 0 Å². The van der Waals surface area contributed by atoms with Crippen LogP contribution in [0, 0.1) is 13.8 Å². The molecule has 0 N–H and O–H groups in total. The van der Waals surface area contributed by atoms with E-state index >= 15 is 0 Å². The summed E-state index contributed by atoms with van der Waals surface area (Å²) in [7, 11) is 2.16. The number of nitrogens with zero attached hydrogens (tertiary/aromatic N) is 2. The van der Waals surface area contributed by atoms with Gasteiger partial charge in [0.2, 0.25) is 11.4 Å². The fraction of sp³-hybridized carbons (Fsp3) is 0.200. The SMILES string of the molecule is Cc1ccccc1-c1cnc2c([n+]1C)Cc1c(C)cccc1-2. The van der Waals surface area contributed by atoms with Gasteiger partial charge < -0.3 is 0 Å². The summed E-state index contributed by atoms with van der Waals surface area (Å²) in [5.41, 5.74) is 10.2. The molecule has 2 heteroatoms. The number of rotatable bonds is 1. The van der Waals surface area contributed by atoms with Gasteiger partial charge >= 0.3 is 0 Å². The first-order valence-electron chi connectivity index (χ1n) is 7.69. The van der Waals surface area contributed by atoms with E-state index in [9.17, 15) is 0 Å². The molecule has 1 heterocycles. The van der Waals surface area contributed by atoms with E-state index in [2.05, 4.69) is 67.9 Å². The van der Waals surface area contributed by atoms with Crippen LogP contribution in [0.3, 0.4) is 0 Å². The fourth-order valence-electron chi connectivity index (χ4n) is 3.46. The molecule has 2 nitrogen and oxygen atoms in total. The van der Waals surface area contributed by atoms with Gasteiger partial charge in [0.05, 0.1) is 12.0 Å². The smallest absolute Gasteiger partial charge is 0.231 e. The van der Waals surface area contributed by atoms with Gasteiger partial charge in [0.1, 0.15) is 18.9 Å². The second kappa shape index (κ2) is 4.77. The summed E-state index contributed by atoms with van der Waals surface area (Å²) in [6, 6.07) is 15.0. The monoisotopic (exact) mass is 287 g/mol. The fourth-order valence-corrected chi connectivity index (χ4v) is 3.46. The zero-order valence-corrected chi connectivity index (χ0v) is 13.2. The highest BCUT2D eigenvalue weighted by Gasteiger charge is 2.30. The van der Waals surface area contributed by atoms with Crippen molar-refractivity contribution >= 4 is 0 Å². The van der Waals surface area contributed by atoms with Gasteiger partial charge in [-0.2, -0.15) is 4.57 Å².